The predicted molar refractivity (Wildman–Crippen MR) is 42.9 cm³/mol. The highest BCUT2D eigenvalue weighted by molar-refractivity contribution is 7.18. The van der Waals surface area contributed by atoms with Gasteiger partial charge in [0.25, 0.3) is 0 Å². The molecule has 0 aliphatic carbocycles. The molecular weight excluding hydrogens is 170 g/mol. The van der Waals surface area contributed by atoms with Gasteiger partial charge in [-0.05, 0) is 27.9 Å². The monoisotopic (exact) mass is 176 g/mol. The minimum absolute atomic E-state index is 0.206. The Morgan fingerprint density at radius 1 is 1.40 bits per heavy atom. The maximum atomic E-state index is 5.52. The zero-order valence-corrected chi connectivity index (χ0v) is 7.21. The van der Waals surface area contributed by atoms with E-state index < -0.39 is 0 Å². The fourth-order valence-electron chi connectivity index (χ4n) is 0.514. The molecule has 4 nitrogen and oxygen atoms in total. The van der Waals surface area contributed by atoms with Crippen LogP contribution in [0.25, 0.3) is 0 Å². The second kappa shape index (κ2) is 3.08. The Morgan fingerprint density at radius 2 is 2.10 bits per heavy atom. The molecule has 0 spiro atoms. The van der Waals surface area contributed by atoms with E-state index in [0.29, 0.717) is 11.8 Å². The standard InChI is InChI=1S/C4H6ClN4P/c1-2-6-3(5)8-4(7-2)9-10/h10H2,1H3,(H,6,7,8,9). The Kier molecular flexibility index (Phi) is 2.35. The number of anilines is 1. The number of aromatic nitrogens is 3. The van der Waals surface area contributed by atoms with Crippen molar-refractivity contribution in [3.63, 3.8) is 0 Å². The van der Waals surface area contributed by atoms with Crippen LogP contribution in [0.5, 0.6) is 0 Å². The first-order valence-electron chi connectivity index (χ1n) is 2.57. The van der Waals surface area contributed by atoms with Gasteiger partial charge in [-0.1, -0.05) is 0 Å². The number of halogens is 1. The van der Waals surface area contributed by atoms with Crippen molar-refractivity contribution in [3.8, 4) is 0 Å². The Hall–Kier alpha value is -0.470. The van der Waals surface area contributed by atoms with Gasteiger partial charge in [-0.2, -0.15) is 9.97 Å². The minimum Gasteiger partial charge on any atom is -0.339 e. The zero-order chi connectivity index (χ0) is 7.56. The number of aryl methyl sites for hydroxylation is 1. The van der Waals surface area contributed by atoms with E-state index >= 15 is 0 Å². The van der Waals surface area contributed by atoms with Gasteiger partial charge in [-0.25, -0.2) is 4.98 Å². The van der Waals surface area contributed by atoms with E-state index in [-0.39, 0.29) is 5.28 Å². The summed E-state index contributed by atoms with van der Waals surface area (Å²) in [7, 11) is 2.28. The molecule has 0 amide bonds. The van der Waals surface area contributed by atoms with E-state index in [9.17, 15) is 0 Å². The maximum absolute atomic E-state index is 5.52. The molecule has 1 atom stereocenters. The third kappa shape index (κ3) is 1.75. The van der Waals surface area contributed by atoms with Crippen molar-refractivity contribution >= 4 is 26.9 Å². The molecule has 10 heavy (non-hydrogen) atoms. The molecule has 1 N–H and O–H groups in total. The quantitative estimate of drug-likeness (QED) is 0.650. The Labute approximate surface area is 65.7 Å². The summed E-state index contributed by atoms with van der Waals surface area (Å²) in [6.45, 7) is 1.75. The van der Waals surface area contributed by atoms with Crippen molar-refractivity contribution in [2.24, 2.45) is 0 Å². The number of nitrogens with one attached hydrogen (secondary N) is 1. The van der Waals surface area contributed by atoms with Crippen molar-refractivity contribution in [1.29, 1.82) is 0 Å². The van der Waals surface area contributed by atoms with Gasteiger partial charge in [0.1, 0.15) is 5.82 Å². The molecule has 1 heterocycles. The van der Waals surface area contributed by atoms with Crippen LogP contribution in [0.4, 0.5) is 5.95 Å². The molecule has 0 aromatic carbocycles. The average molecular weight is 177 g/mol. The van der Waals surface area contributed by atoms with Crippen LogP contribution in [0.3, 0.4) is 0 Å². The first kappa shape index (κ1) is 7.63. The summed E-state index contributed by atoms with van der Waals surface area (Å²) in [4.78, 5) is 11.5. The summed E-state index contributed by atoms with van der Waals surface area (Å²) in [5, 5.41) is 2.88. The van der Waals surface area contributed by atoms with Crippen LogP contribution >= 0.6 is 21.0 Å². The number of hydrogen-bond acceptors (Lipinski definition) is 4. The second-order valence-electron chi connectivity index (χ2n) is 1.62. The van der Waals surface area contributed by atoms with Gasteiger partial charge < -0.3 is 5.09 Å². The topological polar surface area (TPSA) is 50.7 Å². The smallest absolute Gasteiger partial charge is 0.230 e. The van der Waals surface area contributed by atoms with E-state index in [0.717, 1.165) is 0 Å². The van der Waals surface area contributed by atoms with Crippen molar-refractivity contribution < 1.29 is 0 Å². The Morgan fingerprint density at radius 3 is 2.60 bits per heavy atom. The lowest BCUT2D eigenvalue weighted by atomic mass is 10.7. The van der Waals surface area contributed by atoms with Crippen LogP contribution in [-0.4, -0.2) is 15.0 Å². The van der Waals surface area contributed by atoms with Crippen LogP contribution in [0, 0.1) is 6.92 Å². The lowest BCUT2D eigenvalue weighted by Gasteiger charge is -1.97. The fraction of sp³-hybridized carbons (Fsp3) is 0.250. The molecule has 54 valence electrons. The lowest BCUT2D eigenvalue weighted by Crippen LogP contribution is -1.96. The van der Waals surface area contributed by atoms with Crippen LogP contribution in [-0.2, 0) is 0 Å². The van der Waals surface area contributed by atoms with Crippen LogP contribution in [0.2, 0.25) is 5.28 Å². The van der Waals surface area contributed by atoms with Crippen molar-refractivity contribution in [2.45, 2.75) is 6.92 Å². The van der Waals surface area contributed by atoms with Gasteiger partial charge >= 0.3 is 0 Å². The van der Waals surface area contributed by atoms with Crippen molar-refractivity contribution in [3.05, 3.63) is 11.1 Å². The average Bonchev–Trinajstić information content (AvgIpc) is 1.85. The lowest BCUT2D eigenvalue weighted by molar-refractivity contribution is 0.989. The molecule has 0 aliphatic heterocycles. The SMILES string of the molecule is Cc1nc(Cl)nc(NP)n1. The van der Waals surface area contributed by atoms with Gasteiger partial charge in [0.2, 0.25) is 11.2 Å². The summed E-state index contributed by atoms with van der Waals surface area (Å²) in [6.07, 6.45) is 0. The van der Waals surface area contributed by atoms with E-state index in [1.165, 1.54) is 0 Å². The molecular formula is C4H6ClN4P. The molecule has 1 aromatic heterocycles. The first-order chi connectivity index (χ1) is 4.72. The highest BCUT2D eigenvalue weighted by atomic mass is 35.5. The van der Waals surface area contributed by atoms with Gasteiger partial charge in [0.05, 0.1) is 0 Å². The molecule has 0 radical (unpaired) electrons. The number of rotatable bonds is 1. The van der Waals surface area contributed by atoms with Gasteiger partial charge in [-0.3, -0.25) is 0 Å². The Bertz CT molecular complexity index is 220. The highest BCUT2D eigenvalue weighted by Gasteiger charge is 1.97. The molecule has 1 aromatic rings. The molecule has 1 unspecified atom stereocenters. The summed E-state index contributed by atoms with van der Waals surface area (Å²) in [5.41, 5.74) is 0. The number of hydrogen-bond donors (Lipinski definition) is 1. The van der Waals surface area contributed by atoms with Crippen LogP contribution in [0.1, 0.15) is 5.82 Å². The van der Waals surface area contributed by atoms with Crippen LogP contribution < -0.4 is 5.09 Å². The van der Waals surface area contributed by atoms with Gasteiger partial charge in [-0.15, -0.1) is 0 Å². The van der Waals surface area contributed by atoms with E-state index in [2.05, 4.69) is 29.4 Å². The highest BCUT2D eigenvalue weighted by Crippen LogP contribution is 2.05. The number of nitrogens with zero attached hydrogens (tertiary/aromatic N) is 3. The van der Waals surface area contributed by atoms with Gasteiger partial charge in [0.15, 0.2) is 0 Å². The first-order valence-corrected chi connectivity index (χ1v) is 3.52. The van der Waals surface area contributed by atoms with Crippen LogP contribution in [0.15, 0.2) is 0 Å². The fourth-order valence-corrected chi connectivity index (χ4v) is 0.845. The Balaban J connectivity index is 3.06. The van der Waals surface area contributed by atoms with E-state index in [1.807, 2.05) is 0 Å². The second-order valence-corrected chi connectivity index (χ2v) is 2.25. The molecule has 1 rings (SSSR count). The van der Waals surface area contributed by atoms with E-state index in [4.69, 9.17) is 11.6 Å². The summed E-state index contributed by atoms with van der Waals surface area (Å²) in [5.74, 6) is 1.06. The third-order valence-electron chi connectivity index (χ3n) is 0.849. The van der Waals surface area contributed by atoms with Crippen molar-refractivity contribution in [2.75, 3.05) is 5.09 Å². The van der Waals surface area contributed by atoms with Gasteiger partial charge in [0, 0.05) is 0 Å². The van der Waals surface area contributed by atoms with E-state index in [1.54, 1.807) is 6.92 Å². The summed E-state index contributed by atoms with van der Waals surface area (Å²) < 4.78 is 0. The summed E-state index contributed by atoms with van der Waals surface area (Å²) in [6, 6.07) is 0. The molecule has 0 fully saturated rings. The molecule has 0 bridgehead atoms. The summed E-state index contributed by atoms with van der Waals surface area (Å²) >= 11 is 5.52. The molecule has 0 aliphatic rings. The predicted octanol–water partition coefficient (Wildman–Crippen LogP) is 1.04. The largest absolute Gasteiger partial charge is 0.339 e. The minimum atomic E-state index is 0.206. The third-order valence-corrected chi connectivity index (χ3v) is 1.28. The normalized spacial score (nSPS) is 9.50. The molecule has 6 heteroatoms. The molecule has 0 saturated heterocycles. The maximum Gasteiger partial charge on any atom is 0.230 e. The molecule has 0 saturated carbocycles. The zero-order valence-electron chi connectivity index (χ0n) is 5.30. The van der Waals surface area contributed by atoms with Crippen molar-refractivity contribution in [1.82, 2.24) is 15.0 Å².